The van der Waals surface area contributed by atoms with Gasteiger partial charge in [0.15, 0.2) is 0 Å². The van der Waals surface area contributed by atoms with Crippen LogP contribution in [0.5, 0.6) is 0 Å². The maximum atomic E-state index is 8.32. The number of hydrogen-bond acceptors (Lipinski definition) is 6. The molecule has 6 heteroatoms. The lowest BCUT2D eigenvalue weighted by Gasteiger charge is -2.07. The monoisotopic (exact) mass is 242 g/mol. The summed E-state index contributed by atoms with van der Waals surface area (Å²) in [5, 5.41) is 21.4. The molecule has 0 aliphatic rings. The van der Waals surface area contributed by atoms with E-state index in [1.54, 1.807) is 0 Å². The minimum atomic E-state index is 0.581. The predicted molar refractivity (Wildman–Crippen MR) is 70.8 cm³/mol. The van der Waals surface area contributed by atoms with E-state index in [-0.39, 0.29) is 0 Å². The number of nitrogens with zero attached hydrogens (tertiary/aromatic N) is 1. The van der Waals surface area contributed by atoms with E-state index in [0.717, 1.165) is 52.4 Å². The van der Waals surface area contributed by atoms with Crippen molar-refractivity contribution in [1.29, 1.82) is 5.26 Å². The molecule has 0 saturated heterocycles. The molecular formula is C11H26N6. The van der Waals surface area contributed by atoms with Gasteiger partial charge in [0.05, 0.1) is 6.07 Å². The molecule has 0 amide bonds. The van der Waals surface area contributed by atoms with E-state index >= 15 is 0 Å². The summed E-state index contributed by atoms with van der Waals surface area (Å²) in [5.74, 6) is 0. The van der Waals surface area contributed by atoms with Crippen LogP contribution in [-0.4, -0.2) is 58.9 Å². The SMILES string of the molecule is N#CCCNCCNCCNCCNCCN. The van der Waals surface area contributed by atoms with Crippen LogP contribution in [0, 0.1) is 11.3 Å². The fourth-order valence-corrected chi connectivity index (χ4v) is 1.28. The zero-order chi connectivity index (χ0) is 12.6. The second-order valence-electron chi connectivity index (χ2n) is 3.70. The highest BCUT2D eigenvalue weighted by atomic mass is 15.0. The lowest BCUT2D eigenvalue weighted by Crippen LogP contribution is -2.36. The van der Waals surface area contributed by atoms with Gasteiger partial charge in [-0.25, -0.2) is 0 Å². The summed E-state index contributed by atoms with van der Waals surface area (Å²) in [6, 6.07) is 2.10. The zero-order valence-electron chi connectivity index (χ0n) is 10.6. The van der Waals surface area contributed by atoms with E-state index in [1.807, 2.05) is 0 Å². The van der Waals surface area contributed by atoms with Gasteiger partial charge < -0.3 is 27.0 Å². The van der Waals surface area contributed by atoms with E-state index in [1.165, 1.54) is 0 Å². The smallest absolute Gasteiger partial charge is 0.0635 e. The minimum absolute atomic E-state index is 0.581. The Morgan fingerprint density at radius 3 is 1.53 bits per heavy atom. The molecule has 0 saturated carbocycles. The molecule has 0 aliphatic carbocycles. The Morgan fingerprint density at radius 1 is 0.706 bits per heavy atom. The van der Waals surface area contributed by atoms with Crippen molar-refractivity contribution in [3.05, 3.63) is 0 Å². The largest absolute Gasteiger partial charge is 0.329 e. The Balaban J connectivity index is 2.87. The molecule has 0 atom stereocenters. The predicted octanol–water partition coefficient (Wildman–Crippen LogP) is -1.78. The highest BCUT2D eigenvalue weighted by Crippen LogP contribution is 1.68. The van der Waals surface area contributed by atoms with Crippen molar-refractivity contribution in [2.45, 2.75) is 6.42 Å². The van der Waals surface area contributed by atoms with E-state index in [0.29, 0.717) is 13.0 Å². The fraction of sp³-hybridized carbons (Fsp3) is 0.909. The first-order chi connectivity index (χ1) is 8.41. The van der Waals surface area contributed by atoms with Gasteiger partial charge in [-0.2, -0.15) is 5.26 Å². The Labute approximate surface area is 104 Å². The molecule has 0 aliphatic heterocycles. The van der Waals surface area contributed by atoms with Crippen LogP contribution in [0.4, 0.5) is 0 Å². The summed E-state index contributed by atoms with van der Waals surface area (Å²) >= 11 is 0. The Bertz CT molecular complexity index is 179. The summed E-state index contributed by atoms with van der Waals surface area (Å²) in [7, 11) is 0. The van der Waals surface area contributed by atoms with E-state index in [9.17, 15) is 0 Å². The molecule has 0 unspecified atom stereocenters. The molecule has 17 heavy (non-hydrogen) atoms. The van der Waals surface area contributed by atoms with Gasteiger partial charge in [-0.3, -0.25) is 0 Å². The van der Waals surface area contributed by atoms with E-state index in [4.69, 9.17) is 11.0 Å². The van der Waals surface area contributed by atoms with Crippen LogP contribution in [0.15, 0.2) is 0 Å². The first kappa shape index (κ1) is 16.3. The second-order valence-corrected chi connectivity index (χ2v) is 3.70. The zero-order valence-corrected chi connectivity index (χ0v) is 10.6. The first-order valence-electron chi connectivity index (χ1n) is 6.31. The molecule has 0 fully saturated rings. The van der Waals surface area contributed by atoms with Gasteiger partial charge in [-0.1, -0.05) is 0 Å². The summed E-state index contributed by atoms with van der Waals surface area (Å²) in [6.07, 6.45) is 0.581. The Kier molecular flexibility index (Phi) is 14.7. The average Bonchev–Trinajstić information content (AvgIpc) is 2.35. The van der Waals surface area contributed by atoms with Crippen molar-refractivity contribution in [2.24, 2.45) is 5.73 Å². The number of nitrogens with two attached hydrogens (primary N) is 1. The fourth-order valence-electron chi connectivity index (χ4n) is 1.28. The highest BCUT2D eigenvalue weighted by molar-refractivity contribution is 4.70. The van der Waals surface area contributed by atoms with Crippen LogP contribution in [0.25, 0.3) is 0 Å². The van der Waals surface area contributed by atoms with Crippen molar-refractivity contribution >= 4 is 0 Å². The van der Waals surface area contributed by atoms with Gasteiger partial charge in [0, 0.05) is 65.3 Å². The summed E-state index contributed by atoms with van der Waals surface area (Å²) in [6.45, 7) is 8.10. The number of hydrogen-bond donors (Lipinski definition) is 5. The molecule has 0 aromatic rings. The maximum Gasteiger partial charge on any atom is 0.0635 e. The van der Waals surface area contributed by atoms with Gasteiger partial charge in [0.1, 0.15) is 0 Å². The van der Waals surface area contributed by atoms with Crippen molar-refractivity contribution in [3.8, 4) is 6.07 Å². The third-order valence-electron chi connectivity index (χ3n) is 2.17. The van der Waals surface area contributed by atoms with Crippen LogP contribution >= 0.6 is 0 Å². The molecule has 0 aromatic carbocycles. The molecule has 0 radical (unpaired) electrons. The first-order valence-corrected chi connectivity index (χ1v) is 6.31. The Hall–Kier alpha value is -0.710. The normalized spacial score (nSPS) is 10.4. The maximum absolute atomic E-state index is 8.32. The summed E-state index contributed by atoms with van der Waals surface area (Å²) in [4.78, 5) is 0. The van der Waals surface area contributed by atoms with Crippen molar-refractivity contribution in [3.63, 3.8) is 0 Å². The van der Waals surface area contributed by atoms with Crippen LogP contribution in [0.3, 0.4) is 0 Å². The summed E-state index contributed by atoms with van der Waals surface area (Å²) in [5.41, 5.74) is 5.35. The molecule has 0 bridgehead atoms. The summed E-state index contributed by atoms with van der Waals surface area (Å²) < 4.78 is 0. The highest BCUT2D eigenvalue weighted by Gasteiger charge is 1.89. The molecule has 0 aromatic heterocycles. The van der Waals surface area contributed by atoms with E-state index < -0.39 is 0 Å². The average molecular weight is 242 g/mol. The van der Waals surface area contributed by atoms with E-state index in [2.05, 4.69) is 27.3 Å². The topological polar surface area (TPSA) is 97.9 Å². The van der Waals surface area contributed by atoms with Crippen LogP contribution in [-0.2, 0) is 0 Å². The van der Waals surface area contributed by atoms with Crippen molar-refractivity contribution < 1.29 is 0 Å². The lowest BCUT2D eigenvalue weighted by atomic mass is 10.4. The molecular weight excluding hydrogens is 216 g/mol. The molecule has 100 valence electrons. The quantitative estimate of drug-likeness (QED) is 0.245. The van der Waals surface area contributed by atoms with Crippen LogP contribution < -0.4 is 27.0 Å². The molecule has 0 heterocycles. The Morgan fingerprint density at radius 2 is 1.12 bits per heavy atom. The number of nitriles is 1. The molecule has 6 N–H and O–H groups in total. The van der Waals surface area contributed by atoms with Gasteiger partial charge in [-0.15, -0.1) is 0 Å². The standard InChI is InChI=1S/C11H26N6/c12-2-1-4-14-6-8-16-10-11-17-9-7-15-5-3-13/h14-17H,1,3-11,13H2. The number of rotatable bonds is 13. The van der Waals surface area contributed by atoms with Crippen LogP contribution in [0.2, 0.25) is 0 Å². The van der Waals surface area contributed by atoms with Crippen LogP contribution in [0.1, 0.15) is 6.42 Å². The molecule has 6 nitrogen and oxygen atoms in total. The lowest BCUT2D eigenvalue weighted by molar-refractivity contribution is 0.569. The third-order valence-corrected chi connectivity index (χ3v) is 2.17. The van der Waals surface area contributed by atoms with Gasteiger partial charge in [-0.05, 0) is 0 Å². The molecule has 0 spiro atoms. The van der Waals surface area contributed by atoms with Gasteiger partial charge in [0.25, 0.3) is 0 Å². The minimum Gasteiger partial charge on any atom is -0.329 e. The second kappa shape index (κ2) is 15.3. The van der Waals surface area contributed by atoms with Gasteiger partial charge >= 0.3 is 0 Å². The third kappa shape index (κ3) is 15.3. The number of nitrogens with one attached hydrogen (secondary N) is 4. The molecule has 0 rings (SSSR count). The van der Waals surface area contributed by atoms with Crippen molar-refractivity contribution in [2.75, 3.05) is 58.9 Å². The van der Waals surface area contributed by atoms with Gasteiger partial charge in [0.2, 0.25) is 0 Å². The van der Waals surface area contributed by atoms with Crippen molar-refractivity contribution in [1.82, 2.24) is 21.3 Å².